The average Bonchev–Trinajstić information content (AvgIpc) is 2.49. The smallest absolute Gasteiger partial charge is 0.429 e. The number of hydrogen-bond acceptors (Lipinski definition) is 4. The highest BCUT2D eigenvalue weighted by Gasteiger charge is 2.30. The third-order valence-electron chi connectivity index (χ3n) is 1.50. The van der Waals surface area contributed by atoms with E-state index in [9.17, 15) is 14.5 Å². The zero-order valence-corrected chi connectivity index (χ0v) is 6.27. The van der Waals surface area contributed by atoms with Gasteiger partial charge in [-0.25, -0.2) is 4.39 Å². The van der Waals surface area contributed by atoms with Gasteiger partial charge in [0.2, 0.25) is 0 Å². The molecule has 0 aromatic heterocycles. The zero-order valence-electron chi connectivity index (χ0n) is 6.27. The number of halogens is 1. The van der Waals surface area contributed by atoms with E-state index in [1.807, 2.05) is 0 Å². The highest BCUT2D eigenvalue weighted by molar-refractivity contribution is 6.13. The van der Waals surface area contributed by atoms with Crippen molar-refractivity contribution in [2.75, 3.05) is 0 Å². The van der Waals surface area contributed by atoms with E-state index in [4.69, 9.17) is 10.0 Å². The van der Waals surface area contributed by atoms with Crippen LogP contribution in [0.2, 0.25) is 0 Å². The van der Waals surface area contributed by atoms with Gasteiger partial charge in [0.05, 0.1) is 4.92 Å². The van der Waals surface area contributed by atoms with Crippen molar-refractivity contribution >= 4 is 13.4 Å². The monoisotopic (exact) mass is 184 g/mol. The highest BCUT2D eigenvalue weighted by Crippen LogP contribution is 2.44. The van der Waals surface area contributed by atoms with Crippen LogP contribution in [0.1, 0.15) is 0 Å². The largest absolute Gasteiger partial charge is 0.482 e. The van der Waals surface area contributed by atoms with E-state index in [1.165, 1.54) is 12.1 Å². The van der Waals surface area contributed by atoms with Crippen molar-refractivity contribution in [3.05, 3.63) is 28.1 Å². The molecule has 2 aliphatic rings. The van der Waals surface area contributed by atoms with Crippen LogP contribution in [-0.4, -0.2) is 22.7 Å². The summed E-state index contributed by atoms with van der Waals surface area (Å²) in [7, 11) is 0. The highest BCUT2D eigenvalue weighted by atomic mass is 19.1. The van der Waals surface area contributed by atoms with Crippen LogP contribution in [0.25, 0.3) is 11.1 Å². The lowest BCUT2D eigenvalue weighted by Crippen LogP contribution is -1.82. The summed E-state index contributed by atoms with van der Waals surface area (Å²) in [6.45, 7) is 0. The number of nitro benzene ring substituents is 1. The number of nitrogens with zero attached hydrogens (tertiary/aromatic N) is 1. The lowest BCUT2D eigenvalue weighted by atomic mass is 10.5. The van der Waals surface area contributed by atoms with Gasteiger partial charge in [0.1, 0.15) is 5.82 Å². The van der Waals surface area contributed by atoms with Gasteiger partial charge in [-0.15, -0.1) is 0 Å². The number of benzene rings is 1. The first kappa shape index (κ1) is 9.62. The van der Waals surface area contributed by atoms with Crippen molar-refractivity contribution in [1.82, 2.24) is 0 Å². The van der Waals surface area contributed by atoms with Gasteiger partial charge >= 0.3 is 7.69 Å². The maximum atomic E-state index is 12.2. The van der Waals surface area contributed by atoms with Crippen LogP contribution in [0.5, 0.6) is 0 Å². The molecule has 0 saturated carbocycles. The Morgan fingerprint density at radius 2 is 1.77 bits per heavy atom. The van der Waals surface area contributed by atoms with Crippen LogP contribution >= 0.6 is 0 Å². The van der Waals surface area contributed by atoms with E-state index < -0.39 is 4.92 Å². The number of fused-ring (bicyclic) bond motifs is 1. The molecule has 2 rings (SSSR count). The fraction of sp³-hybridized carbons (Fsp3) is 0. The molecule has 0 heterocycles. The molecule has 7 heteroatoms. The second kappa shape index (κ2) is 3.50. The first-order chi connectivity index (χ1) is 6.11. The summed E-state index contributed by atoms with van der Waals surface area (Å²) in [4.78, 5) is 9.49. The van der Waals surface area contributed by atoms with Gasteiger partial charge in [0, 0.05) is 23.3 Å². The zero-order chi connectivity index (χ0) is 10.0. The molecular formula is C6H4BFNO4. The quantitative estimate of drug-likeness (QED) is 0.377. The van der Waals surface area contributed by atoms with Crippen molar-refractivity contribution in [3.8, 4) is 11.1 Å². The first-order valence-electron chi connectivity index (χ1n) is 3.20. The van der Waals surface area contributed by atoms with Crippen LogP contribution < -0.4 is 0 Å². The second-order valence-corrected chi connectivity index (χ2v) is 2.23. The fourth-order valence-electron chi connectivity index (χ4n) is 0.917. The molecule has 2 aliphatic carbocycles. The molecule has 5 nitrogen and oxygen atoms in total. The summed E-state index contributed by atoms with van der Waals surface area (Å²) < 4.78 is 12.2. The SMILES string of the molecule is O=[N+]([O-])c1cc2c(F)c-2c1.O[B]O. The summed E-state index contributed by atoms with van der Waals surface area (Å²) in [5.41, 5.74) is 0.768. The molecule has 0 unspecified atom stereocenters. The van der Waals surface area contributed by atoms with E-state index in [-0.39, 0.29) is 19.2 Å². The Hall–Kier alpha value is -1.47. The molecule has 0 aromatic rings. The van der Waals surface area contributed by atoms with Gasteiger partial charge in [-0.05, 0) is 0 Å². The summed E-state index contributed by atoms with van der Waals surface area (Å²) >= 11 is 0. The molecule has 2 N–H and O–H groups in total. The standard InChI is InChI=1S/C6H2FNO2.BH2O2/c7-6-4-1-3(8(9)10)2-5(4)6;2-1-3/h1-2H;2-3H. The molecule has 1 radical (unpaired) electrons. The summed E-state index contributed by atoms with van der Waals surface area (Å²) in [6, 6.07) is 2.48. The maximum absolute atomic E-state index is 12.2. The average molecular weight is 184 g/mol. The fourth-order valence-corrected chi connectivity index (χ4v) is 0.917. The molecule has 13 heavy (non-hydrogen) atoms. The minimum atomic E-state index is -0.528. The Morgan fingerprint density at radius 3 is 2.08 bits per heavy atom. The van der Waals surface area contributed by atoms with Crippen molar-refractivity contribution in [2.24, 2.45) is 0 Å². The lowest BCUT2D eigenvalue weighted by Gasteiger charge is -1.79. The minimum Gasteiger partial charge on any atom is -0.429 e. The van der Waals surface area contributed by atoms with Gasteiger partial charge in [-0.2, -0.15) is 0 Å². The van der Waals surface area contributed by atoms with Crippen LogP contribution in [-0.2, 0) is 0 Å². The molecule has 0 saturated heterocycles. The molecule has 0 aromatic carbocycles. The number of hydrogen-bond donors (Lipinski definition) is 2. The van der Waals surface area contributed by atoms with Gasteiger partial charge in [0.25, 0.3) is 5.69 Å². The normalized spacial score (nSPS) is 9.77. The molecule has 0 spiro atoms. The van der Waals surface area contributed by atoms with E-state index in [2.05, 4.69) is 0 Å². The molecule has 67 valence electrons. The van der Waals surface area contributed by atoms with Crippen molar-refractivity contribution < 1.29 is 19.4 Å². The number of rotatable bonds is 1. The summed E-state index contributed by atoms with van der Waals surface area (Å²) in [6.07, 6.45) is 0. The molecule has 0 atom stereocenters. The van der Waals surface area contributed by atoms with Crippen LogP contribution in [0.15, 0.2) is 12.1 Å². The van der Waals surface area contributed by atoms with Crippen LogP contribution in [0, 0.1) is 15.9 Å². The molecule has 0 amide bonds. The Labute approximate surface area is 72.9 Å². The van der Waals surface area contributed by atoms with E-state index in [0.717, 1.165) is 0 Å². The number of nitro groups is 1. The summed E-state index contributed by atoms with van der Waals surface area (Å²) in [5.74, 6) is -0.300. The van der Waals surface area contributed by atoms with Gasteiger partial charge in [-0.3, -0.25) is 10.1 Å². The third kappa shape index (κ3) is 1.82. The molecular weight excluding hydrogens is 180 g/mol. The minimum absolute atomic E-state index is 0. The molecule has 0 aliphatic heterocycles. The van der Waals surface area contributed by atoms with E-state index in [0.29, 0.717) is 11.1 Å². The third-order valence-corrected chi connectivity index (χ3v) is 1.50. The van der Waals surface area contributed by atoms with Crippen molar-refractivity contribution in [1.29, 1.82) is 0 Å². The Bertz CT molecular complexity index is 333. The predicted octanol–water partition coefficient (Wildman–Crippen LogP) is 0.219. The topological polar surface area (TPSA) is 83.6 Å². The van der Waals surface area contributed by atoms with E-state index in [1.54, 1.807) is 0 Å². The van der Waals surface area contributed by atoms with Gasteiger partial charge in [-0.1, -0.05) is 0 Å². The second-order valence-electron chi connectivity index (χ2n) is 2.23. The molecule has 0 fully saturated rings. The van der Waals surface area contributed by atoms with Crippen LogP contribution in [0.4, 0.5) is 10.1 Å². The predicted molar refractivity (Wildman–Crippen MR) is 42.2 cm³/mol. The Kier molecular flexibility index (Phi) is 2.59. The first-order valence-corrected chi connectivity index (χ1v) is 3.20. The van der Waals surface area contributed by atoms with E-state index >= 15 is 0 Å². The number of non-ortho nitro benzene ring substituents is 1. The van der Waals surface area contributed by atoms with Crippen LogP contribution in [0.3, 0.4) is 0 Å². The van der Waals surface area contributed by atoms with Crippen molar-refractivity contribution in [3.63, 3.8) is 0 Å². The lowest BCUT2D eigenvalue weighted by molar-refractivity contribution is -0.384. The summed E-state index contributed by atoms with van der Waals surface area (Å²) in [5, 5.41) is 24.0. The maximum Gasteiger partial charge on any atom is 0.482 e. The Morgan fingerprint density at radius 1 is 1.38 bits per heavy atom. The Balaban J connectivity index is 0.000000251. The van der Waals surface area contributed by atoms with Gasteiger partial charge in [0.15, 0.2) is 0 Å². The molecule has 0 bridgehead atoms. The van der Waals surface area contributed by atoms with Gasteiger partial charge < -0.3 is 10.0 Å². The van der Waals surface area contributed by atoms with Crippen molar-refractivity contribution in [2.45, 2.75) is 0 Å².